The number of pyridine rings is 1. The van der Waals surface area contributed by atoms with Crippen molar-refractivity contribution in [3.05, 3.63) is 47.3 Å². The monoisotopic (exact) mass is 339 g/mol. The van der Waals surface area contributed by atoms with E-state index in [-0.39, 0.29) is 5.92 Å². The lowest BCUT2D eigenvalue weighted by atomic mass is 9.88. The van der Waals surface area contributed by atoms with Crippen molar-refractivity contribution < 1.29 is 4.79 Å². The standard InChI is InChI=1S/C19H25N5O/c1-14-21-17-5-4-16(11-18(17)22-14)19(25)24-9-7-23(8-10-24)13-15-3-2-6-20-12-15/h2-3,6,12,16H,4-5,7-11,13H2,1H3,(H,21,22). The van der Waals surface area contributed by atoms with Crippen LogP contribution in [0.5, 0.6) is 0 Å². The van der Waals surface area contributed by atoms with Crippen molar-refractivity contribution in [2.45, 2.75) is 32.7 Å². The fourth-order valence-electron chi connectivity index (χ4n) is 3.97. The van der Waals surface area contributed by atoms with Gasteiger partial charge in [0.25, 0.3) is 0 Å². The third-order valence-electron chi connectivity index (χ3n) is 5.33. The number of aromatic amines is 1. The normalized spacial score (nSPS) is 21.2. The molecule has 4 rings (SSSR count). The lowest BCUT2D eigenvalue weighted by Gasteiger charge is -2.37. The number of rotatable bonds is 3. The Morgan fingerprint density at radius 1 is 1.32 bits per heavy atom. The van der Waals surface area contributed by atoms with Crippen molar-refractivity contribution >= 4 is 5.91 Å². The summed E-state index contributed by atoms with van der Waals surface area (Å²) in [5.74, 6) is 1.39. The number of hydrogen-bond donors (Lipinski definition) is 1. The van der Waals surface area contributed by atoms with Gasteiger partial charge in [0, 0.05) is 63.2 Å². The van der Waals surface area contributed by atoms with Gasteiger partial charge in [0.2, 0.25) is 5.91 Å². The first-order valence-corrected chi connectivity index (χ1v) is 9.13. The molecular formula is C19H25N5O. The molecule has 1 atom stereocenters. The second-order valence-electron chi connectivity index (χ2n) is 7.15. The highest BCUT2D eigenvalue weighted by Gasteiger charge is 2.31. The van der Waals surface area contributed by atoms with Crippen LogP contribution in [-0.2, 0) is 24.2 Å². The predicted molar refractivity (Wildman–Crippen MR) is 94.9 cm³/mol. The quantitative estimate of drug-likeness (QED) is 0.922. The first-order valence-electron chi connectivity index (χ1n) is 9.13. The van der Waals surface area contributed by atoms with Gasteiger partial charge in [-0.3, -0.25) is 14.7 Å². The van der Waals surface area contributed by atoms with Gasteiger partial charge in [-0.2, -0.15) is 0 Å². The molecule has 1 N–H and O–H groups in total. The summed E-state index contributed by atoms with van der Waals surface area (Å²) in [5, 5.41) is 0. The lowest BCUT2D eigenvalue weighted by molar-refractivity contribution is -0.137. The summed E-state index contributed by atoms with van der Waals surface area (Å²) >= 11 is 0. The largest absolute Gasteiger partial charge is 0.346 e. The van der Waals surface area contributed by atoms with E-state index in [1.165, 1.54) is 5.56 Å². The van der Waals surface area contributed by atoms with Crippen molar-refractivity contribution in [3.63, 3.8) is 0 Å². The Morgan fingerprint density at radius 3 is 2.92 bits per heavy atom. The highest BCUT2D eigenvalue weighted by molar-refractivity contribution is 5.79. The summed E-state index contributed by atoms with van der Waals surface area (Å²) in [6.45, 7) is 6.41. The summed E-state index contributed by atoms with van der Waals surface area (Å²) in [5.41, 5.74) is 3.55. The fraction of sp³-hybridized carbons (Fsp3) is 0.526. The van der Waals surface area contributed by atoms with E-state index in [0.717, 1.165) is 69.2 Å². The van der Waals surface area contributed by atoms with Crippen molar-refractivity contribution in [1.29, 1.82) is 0 Å². The van der Waals surface area contributed by atoms with Crippen LogP contribution in [-0.4, -0.2) is 56.8 Å². The molecule has 1 aliphatic carbocycles. The van der Waals surface area contributed by atoms with Crippen molar-refractivity contribution in [2.24, 2.45) is 5.92 Å². The molecule has 0 spiro atoms. The van der Waals surface area contributed by atoms with Gasteiger partial charge >= 0.3 is 0 Å². The van der Waals surface area contributed by atoms with Crippen LogP contribution in [0.4, 0.5) is 0 Å². The molecule has 0 saturated carbocycles. The maximum absolute atomic E-state index is 12.9. The van der Waals surface area contributed by atoms with E-state index in [1.54, 1.807) is 6.20 Å². The Morgan fingerprint density at radius 2 is 2.16 bits per heavy atom. The number of imidazole rings is 1. The minimum atomic E-state index is 0.109. The highest BCUT2D eigenvalue weighted by atomic mass is 16.2. The van der Waals surface area contributed by atoms with Gasteiger partial charge < -0.3 is 9.88 Å². The fourth-order valence-corrected chi connectivity index (χ4v) is 3.97. The smallest absolute Gasteiger partial charge is 0.226 e. The second-order valence-corrected chi connectivity index (χ2v) is 7.15. The number of carbonyl (C=O) groups excluding carboxylic acids is 1. The molecule has 25 heavy (non-hydrogen) atoms. The molecule has 0 radical (unpaired) electrons. The first kappa shape index (κ1) is 16.3. The maximum atomic E-state index is 12.9. The first-order chi connectivity index (χ1) is 12.2. The van der Waals surface area contributed by atoms with E-state index >= 15 is 0 Å². The molecule has 0 bridgehead atoms. The zero-order valence-corrected chi connectivity index (χ0v) is 14.7. The molecule has 1 saturated heterocycles. The number of H-pyrrole nitrogens is 1. The van der Waals surface area contributed by atoms with Crippen LogP contribution in [0.15, 0.2) is 24.5 Å². The minimum Gasteiger partial charge on any atom is -0.346 e. The second kappa shape index (κ2) is 6.96. The Bertz CT molecular complexity index is 734. The van der Waals surface area contributed by atoms with Crippen LogP contribution in [0, 0.1) is 12.8 Å². The van der Waals surface area contributed by atoms with E-state index in [0.29, 0.717) is 5.91 Å². The number of piperazine rings is 1. The SMILES string of the molecule is Cc1nc2c([nH]1)CC(C(=O)N1CCN(Cc3cccnc3)CC1)CC2. The number of nitrogens with one attached hydrogen (secondary N) is 1. The topological polar surface area (TPSA) is 65.1 Å². The van der Waals surface area contributed by atoms with Crippen LogP contribution >= 0.6 is 0 Å². The molecule has 2 aromatic heterocycles. The Hall–Kier alpha value is -2.21. The Balaban J connectivity index is 1.31. The van der Waals surface area contributed by atoms with E-state index in [1.807, 2.05) is 19.2 Å². The van der Waals surface area contributed by atoms with Crippen molar-refractivity contribution in [3.8, 4) is 0 Å². The van der Waals surface area contributed by atoms with Crippen LogP contribution in [0.3, 0.4) is 0 Å². The van der Waals surface area contributed by atoms with Crippen molar-refractivity contribution in [1.82, 2.24) is 24.8 Å². The van der Waals surface area contributed by atoms with Crippen LogP contribution < -0.4 is 0 Å². The summed E-state index contributed by atoms with van der Waals surface area (Å²) in [6.07, 6.45) is 6.37. The molecule has 2 aliphatic rings. The summed E-state index contributed by atoms with van der Waals surface area (Å²) < 4.78 is 0. The van der Waals surface area contributed by atoms with E-state index in [2.05, 4.69) is 30.8 Å². The number of aryl methyl sites for hydroxylation is 2. The minimum absolute atomic E-state index is 0.109. The van der Waals surface area contributed by atoms with Gasteiger partial charge in [-0.15, -0.1) is 0 Å². The Labute approximate surface area is 148 Å². The number of hydrogen-bond acceptors (Lipinski definition) is 4. The highest BCUT2D eigenvalue weighted by Crippen LogP contribution is 2.26. The lowest BCUT2D eigenvalue weighted by Crippen LogP contribution is -2.50. The van der Waals surface area contributed by atoms with Gasteiger partial charge in [0.05, 0.1) is 5.69 Å². The molecule has 6 nitrogen and oxygen atoms in total. The average Bonchev–Trinajstić information content (AvgIpc) is 3.02. The molecule has 6 heteroatoms. The number of amides is 1. The zero-order chi connectivity index (χ0) is 17.2. The average molecular weight is 339 g/mol. The summed E-state index contributed by atoms with van der Waals surface area (Å²) in [6, 6.07) is 4.08. The molecule has 0 aromatic carbocycles. The van der Waals surface area contributed by atoms with Crippen molar-refractivity contribution in [2.75, 3.05) is 26.2 Å². The van der Waals surface area contributed by atoms with Gasteiger partial charge in [-0.05, 0) is 31.4 Å². The van der Waals surface area contributed by atoms with Crippen LogP contribution in [0.1, 0.15) is 29.2 Å². The van der Waals surface area contributed by atoms with E-state index < -0.39 is 0 Å². The number of nitrogens with zero attached hydrogens (tertiary/aromatic N) is 4. The number of fused-ring (bicyclic) bond motifs is 1. The molecule has 3 heterocycles. The van der Waals surface area contributed by atoms with Crippen LogP contribution in [0.25, 0.3) is 0 Å². The zero-order valence-electron chi connectivity index (χ0n) is 14.7. The molecule has 132 valence electrons. The molecule has 1 aliphatic heterocycles. The number of aromatic nitrogens is 3. The van der Waals surface area contributed by atoms with Gasteiger partial charge in [-0.25, -0.2) is 4.98 Å². The third kappa shape index (κ3) is 3.58. The van der Waals surface area contributed by atoms with Gasteiger partial charge in [0.1, 0.15) is 5.82 Å². The Kier molecular flexibility index (Phi) is 4.53. The summed E-state index contributed by atoms with van der Waals surface area (Å²) in [7, 11) is 0. The van der Waals surface area contributed by atoms with E-state index in [9.17, 15) is 4.79 Å². The molecular weight excluding hydrogens is 314 g/mol. The van der Waals surface area contributed by atoms with Crippen LogP contribution in [0.2, 0.25) is 0 Å². The third-order valence-corrected chi connectivity index (χ3v) is 5.33. The molecule has 1 fully saturated rings. The molecule has 1 amide bonds. The number of carbonyl (C=O) groups is 1. The predicted octanol–water partition coefficient (Wildman–Crippen LogP) is 1.56. The summed E-state index contributed by atoms with van der Waals surface area (Å²) in [4.78, 5) is 29.4. The molecule has 2 aromatic rings. The van der Waals surface area contributed by atoms with Gasteiger partial charge in [0.15, 0.2) is 0 Å². The van der Waals surface area contributed by atoms with E-state index in [4.69, 9.17) is 0 Å². The molecule has 1 unspecified atom stereocenters. The van der Waals surface area contributed by atoms with Gasteiger partial charge in [-0.1, -0.05) is 6.07 Å². The maximum Gasteiger partial charge on any atom is 0.226 e.